The number of nitrogens with zero attached hydrogens (tertiary/aromatic N) is 3. The monoisotopic (exact) mass is 1090 g/mol. The van der Waals surface area contributed by atoms with E-state index in [1.807, 2.05) is 12.1 Å². The molecule has 8 heteroatoms. The van der Waals surface area contributed by atoms with Crippen LogP contribution in [0, 0.1) is 13.8 Å². The molecule has 0 fully saturated rings. The number of anilines is 6. The van der Waals surface area contributed by atoms with E-state index in [1.165, 1.54) is 66.0 Å². The first kappa shape index (κ1) is 48.7. The summed E-state index contributed by atoms with van der Waals surface area (Å²) in [4.78, 5) is 9.46. The Morgan fingerprint density at radius 3 is 1.54 bits per heavy atom. The van der Waals surface area contributed by atoms with Gasteiger partial charge in [0.25, 0.3) is 0 Å². The average Bonchev–Trinajstić information content (AvgIpc) is 1.85. The molecule has 0 aliphatic heterocycles. The molecule has 0 atom stereocenters. The number of fused-ring (bicyclic) bond motifs is 20. The zero-order valence-electron chi connectivity index (χ0n) is 47.3. The van der Waals surface area contributed by atoms with E-state index in [0.29, 0.717) is 5.71 Å². The van der Waals surface area contributed by atoms with Crippen molar-refractivity contribution < 1.29 is 13.3 Å². The topological polar surface area (TPSA) is 58.8 Å². The van der Waals surface area contributed by atoms with Crippen LogP contribution in [-0.4, -0.2) is 21.1 Å². The number of hydrogen-bond acceptors (Lipinski definition) is 6. The number of aromatic nitrogens is 1. The molecule has 82 heavy (non-hydrogen) atoms. The molecule has 6 nitrogen and oxygen atoms in total. The van der Waals surface area contributed by atoms with Gasteiger partial charge < -0.3 is 23.1 Å². The van der Waals surface area contributed by atoms with Crippen molar-refractivity contribution in [3.05, 3.63) is 246 Å². The van der Waals surface area contributed by atoms with E-state index in [0.717, 1.165) is 94.4 Å². The number of para-hydroxylation sites is 2. The van der Waals surface area contributed by atoms with E-state index in [-0.39, 0.29) is 0 Å². The van der Waals surface area contributed by atoms with Gasteiger partial charge in [-0.2, -0.15) is 0 Å². The molecule has 396 valence electrons. The highest BCUT2D eigenvalue weighted by molar-refractivity contribution is 6.89. The van der Waals surface area contributed by atoms with Gasteiger partial charge in [-0.25, -0.2) is 4.98 Å². The van der Waals surface area contributed by atoms with Gasteiger partial charge in [0.05, 0.1) is 32.9 Å². The van der Waals surface area contributed by atoms with Crippen LogP contribution in [0.4, 0.5) is 34.1 Å². The first-order chi connectivity index (χ1) is 39.7. The van der Waals surface area contributed by atoms with Gasteiger partial charge in [0.2, 0.25) is 5.71 Å². The minimum atomic E-state index is -1.67. The number of furan rings is 3. The van der Waals surface area contributed by atoms with E-state index < -0.39 is 21.6 Å². The molecule has 4 heterocycles. The number of rotatable bonds is 8. The van der Waals surface area contributed by atoms with Crippen molar-refractivity contribution in [2.75, 3.05) is 9.80 Å². The predicted octanol–water partition coefficient (Wildman–Crippen LogP) is 19.8. The highest BCUT2D eigenvalue weighted by atomic mass is 28.3. The predicted molar refractivity (Wildman–Crippen MR) is 347 cm³/mol. The molecule has 0 unspecified atom stereocenters. The summed E-state index contributed by atoms with van der Waals surface area (Å²) >= 11 is 0. The molecule has 0 amide bonds. The van der Waals surface area contributed by atoms with Crippen molar-refractivity contribution in [2.24, 2.45) is 0 Å². The second-order valence-electron chi connectivity index (χ2n) is 24.8. The van der Waals surface area contributed by atoms with Gasteiger partial charge in [-0.1, -0.05) is 153 Å². The van der Waals surface area contributed by atoms with Crippen LogP contribution in [0.3, 0.4) is 0 Å². The second kappa shape index (κ2) is 17.4. The van der Waals surface area contributed by atoms with E-state index in [9.17, 15) is 0 Å². The van der Waals surface area contributed by atoms with Crippen LogP contribution in [-0.2, 0) is 5.41 Å². The van der Waals surface area contributed by atoms with Crippen molar-refractivity contribution in [1.82, 2.24) is 4.98 Å². The van der Waals surface area contributed by atoms with E-state index >= 15 is 0 Å². The fourth-order valence-corrected chi connectivity index (χ4v) is 16.3. The third-order valence-electron chi connectivity index (χ3n) is 17.9. The summed E-state index contributed by atoms with van der Waals surface area (Å²) in [5, 5.41) is 9.22. The summed E-state index contributed by atoms with van der Waals surface area (Å²) in [6, 6.07) is 76.6. The molecule has 10 aromatic carbocycles. The van der Waals surface area contributed by atoms with E-state index in [4.69, 9.17) is 13.3 Å². The molecule has 0 bridgehead atoms. The van der Waals surface area contributed by atoms with Crippen LogP contribution >= 0.6 is 0 Å². The lowest BCUT2D eigenvalue weighted by molar-refractivity contribution is 0.654. The van der Waals surface area contributed by atoms with Gasteiger partial charge in [-0.3, -0.25) is 0 Å². The molecule has 14 aromatic rings. The number of hydrogen-bond donors (Lipinski definition) is 0. The Bertz CT molecular complexity index is 4940. The van der Waals surface area contributed by atoms with E-state index in [1.54, 1.807) is 6.20 Å². The van der Waals surface area contributed by atoms with Gasteiger partial charge in [-0.15, -0.1) is 0 Å². The maximum atomic E-state index is 7.38. The summed E-state index contributed by atoms with van der Waals surface area (Å²) in [5.74, 6) is 0. The van der Waals surface area contributed by atoms with Gasteiger partial charge in [-0.05, 0) is 160 Å². The Labute approximate surface area is 478 Å². The average molecular weight is 1090 g/mol. The van der Waals surface area contributed by atoms with Crippen LogP contribution in [0.2, 0.25) is 39.3 Å². The molecule has 0 saturated carbocycles. The summed E-state index contributed by atoms with van der Waals surface area (Å²) in [6.07, 6.45) is 1.80. The maximum Gasteiger partial charge on any atom is 0.227 e. The zero-order chi connectivity index (χ0) is 55.6. The lowest BCUT2D eigenvalue weighted by Crippen LogP contribution is -2.37. The summed E-state index contributed by atoms with van der Waals surface area (Å²) in [7, 11) is -3.30. The second-order valence-corrected chi connectivity index (χ2v) is 34.9. The molecule has 0 N–H and O–H groups in total. The smallest absolute Gasteiger partial charge is 0.227 e. The van der Waals surface area contributed by atoms with E-state index in [2.05, 4.69) is 262 Å². The minimum absolute atomic E-state index is 0.636. The van der Waals surface area contributed by atoms with Crippen LogP contribution in [0.1, 0.15) is 33.4 Å². The Morgan fingerprint density at radius 1 is 0.378 bits per heavy atom. The molecule has 1 spiro atoms. The lowest BCUT2D eigenvalue weighted by atomic mass is 9.70. The molecule has 4 aromatic heterocycles. The van der Waals surface area contributed by atoms with Crippen LogP contribution < -0.4 is 20.2 Å². The van der Waals surface area contributed by atoms with Crippen molar-refractivity contribution in [1.29, 1.82) is 0 Å². The third-order valence-corrected chi connectivity index (χ3v) is 22.0. The summed E-state index contributed by atoms with van der Waals surface area (Å²) < 4.78 is 20.6. The third kappa shape index (κ3) is 6.95. The largest absolute Gasteiger partial charge is 0.456 e. The van der Waals surface area contributed by atoms with Crippen molar-refractivity contribution in [3.63, 3.8) is 0 Å². The molecule has 2 aliphatic rings. The first-order valence-corrected chi connectivity index (χ1v) is 35.6. The Balaban J connectivity index is 1.02. The number of benzene rings is 10. The Morgan fingerprint density at radius 2 is 0.890 bits per heavy atom. The number of pyridine rings is 1. The van der Waals surface area contributed by atoms with Crippen LogP contribution in [0.15, 0.2) is 226 Å². The maximum absolute atomic E-state index is 7.38. The van der Waals surface area contributed by atoms with Crippen molar-refractivity contribution in [2.45, 2.75) is 58.5 Å². The fourth-order valence-electron chi connectivity index (χ4n) is 14.0. The quantitative estimate of drug-likeness (QED) is 0.141. The van der Waals surface area contributed by atoms with Crippen LogP contribution in [0.25, 0.3) is 88.2 Å². The number of aryl methyl sites for hydroxylation is 2. The minimum Gasteiger partial charge on any atom is -0.456 e. The van der Waals surface area contributed by atoms with Crippen LogP contribution in [0.5, 0.6) is 0 Å². The normalized spacial score (nSPS) is 13.5. The zero-order valence-corrected chi connectivity index (χ0v) is 49.3. The molecule has 0 radical (unpaired) electrons. The standard InChI is InChI=1S/C74H59N3O3Si2/c1-44-16-13-21-59-68(44)69-45(2)17-14-22-60(69)74(59)61-40-48(76(46-25-32-51(33-26-46)81(3,4)5)49-29-37-55-56-20-15-39-75-73(56)80-67(55)41-49)31-38-57(61)70-62(74)43-63(72-71(70)58-19-10-12-24-65(58)79-72)77(47-27-34-52(35-28-47)82(6,7)8)50-30-36-54-53-18-9-11-23-64(53)78-66(54)42-50/h9-43H,1-8H3. The summed E-state index contributed by atoms with van der Waals surface area (Å²) in [5.41, 5.74) is 22.7. The summed E-state index contributed by atoms with van der Waals surface area (Å²) in [6.45, 7) is 19.1. The van der Waals surface area contributed by atoms with Gasteiger partial charge in [0, 0.05) is 73.4 Å². The molecule has 16 rings (SSSR count). The molecular formula is C74H59N3O3Si2. The Hall–Kier alpha value is -9.22. The first-order valence-electron chi connectivity index (χ1n) is 28.6. The SMILES string of the molecule is Cc1cccc2c1-c1c(C)cccc1C21c2cc(N(c3ccc([Si](C)(C)C)cc3)c3ccc4c(c3)oc3ncccc34)ccc2-c2c1cc(N(c1ccc([Si](C)(C)C)cc1)c1ccc3c(c1)oc1ccccc13)c1oc3ccccc3c21. The molecule has 2 aliphatic carbocycles. The fraction of sp³-hybridized carbons (Fsp3) is 0.122. The Kier molecular flexibility index (Phi) is 10.3. The van der Waals surface area contributed by atoms with Crippen molar-refractivity contribution in [3.8, 4) is 22.3 Å². The molecule has 0 saturated heterocycles. The highest BCUT2D eigenvalue weighted by Crippen LogP contribution is 2.67. The highest BCUT2D eigenvalue weighted by Gasteiger charge is 2.54. The lowest BCUT2D eigenvalue weighted by Gasteiger charge is -2.33. The van der Waals surface area contributed by atoms with Crippen molar-refractivity contribution >= 4 is 127 Å². The van der Waals surface area contributed by atoms with Gasteiger partial charge in [0.1, 0.15) is 22.3 Å². The van der Waals surface area contributed by atoms with Gasteiger partial charge >= 0.3 is 0 Å². The van der Waals surface area contributed by atoms with Gasteiger partial charge in [0.15, 0.2) is 5.58 Å². The molecular weight excluding hydrogens is 1040 g/mol.